The number of halogens is 1. The van der Waals surface area contributed by atoms with Crippen molar-refractivity contribution in [3.8, 4) is 0 Å². The van der Waals surface area contributed by atoms with Crippen LogP contribution in [0.25, 0.3) is 10.9 Å². The molecule has 0 saturated heterocycles. The van der Waals surface area contributed by atoms with Crippen molar-refractivity contribution < 1.29 is 4.39 Å². The summed E-state index contributed by atoms with van der Waals surface area (Å²) >= 11 is 0. The van der Waals surface area contributed by atoms with Crippen LogP contribution >= 0.6 is 0 Å². The van der Waals surface area contributed by atoms with Gasteiger partial charge in [0.05, 0.1) is 5.39 Å². The molecule has 0 atom stereocenters. The molecule has 2 rings (SSSR count). The summed E-state index contributed by atoms with van der Waals surface area (Å²) in [6, 6.07) is 4.27. The first kappa shape index (κ1) is 8.68. The van der Waals surface area contributed by atoms with Crippen molar-refractivity contribution in [2.45, 2.75) is 0 Å². The molecule has 1 heterocycles. The number of fused-ring (bicyclic) bond motifs is 1. The Morgan fingerprint density at radius 1 is 1.50 bits per heavy atom. The van der Waals surface area contributed by atoms with Crippen LogP contribution < -0.4 is 11.2 Å². The van der Waals surface area contributed by atoms with Crippen LogP contribution in [0.15, 0.2) is 23.0 Å². The predicted octanol–water partition coefficient (Wildman–Crippen LogP) is 0.655. The number of nitrogens with zero attached hydrogens (tertiary/aromatic N) is 2. The number of hydrogen-bond acceptors (Lipinski definition) is 3. The summed E-state index contributed by atoms with van der Waals surface area (Å²) in [5, 5.41) is 3.95. The Balaban J connectivity index is 3.10. The molecule has 1 aromatic heterocycles. The summed E-state index contributed by atoms with van der Waals surface area (Å²) in [5.41, 5.74) is 5.11. The van der Waals surface area contributed by atoms with E-state index in [9.17, 15) is 9.18 Å². The molecular formula is C9H8FN3O. The number of para-hydroxylation sites is 1. The molecular weight excluding hydrogens is 185 g/mol. The zero-order valence-electron chi connectivity index (χ0n) is 7.49. The quantitative estimate of drug-likeness (QED) is 0.668. The monoisotopic (exact) mass is 193 g/mol. The zero-order chi connectivity index (χ0) is 10.3. The van der Waals surface area contributed by atoms with Crippen LogP contribution in [0.1, 0.15) is 0 Å². The number of nitrogens with two attached hydrogens (primary N) is 1. The molecule has 2 aromatic rings. The van der Waals surface area contributed by atoms with Gasteiger partial charge in [0.1, 0.15) is 11.3 Å². The Morgan fingerprint density at radius 3 is 2.93 bits per heavy atom. The topological polar surface area (TPSA) is 60.9 Å². The van der Waals surface area contributed by atoms with E-state index in [4.69, 9.17) is 5.73 Å². The van der Waals surface area contributed by atoms with Gasteiger partial charge >= 0.3 is 0 Å². The molecule has 5 heteroatoms. The predicted molar refractivity (Wildman–Crippen MR) is 51.4 cm³/mol. The van der Waals surface area contributed by atoms with Crippen molar-refractivity contribution in [3.05, 3.63) is 34.2 Å². The molecule has 1 aromatic carbocycles. The first-order valence-electron chi connectivity index (χ1n) is 4.02. The Morgan fingerprint density at radius 2 is 2.21 bits per heavy atom. The van der Waals surface area contributed by atoms with Crippen molar-refractivity contribution >= 4 is 16.7 Å². The average molecular weight is 193 g/mol. The van der Waals surface area contributed by atoms with Gasteiger partial charge in [0.15, 0.2) is 5.82 Å². The van der Waals surface area contributed by atoms with Crippen molar-refractivity contribution in [2.24, 2.45) is 7.05 Å². The van der Waals surface area contributed by atoms with Gasteiger partial charge in [-0.3, -0.25) is 9.48 Å². The minimum absolute atomic E-state index is 0.120. The van der Waals surface area contributed by atoms with Gasteiger partial charge in [-0.05, 0) is 12.1 Å². The number of nitrogen functional groups attached to an aromatic ring is 1. The molecule has 0 aliphatic rings. The van der Waals surface area contributed by atoms with Gasteiger partial charge in [0.2, 0.25) is 5.43 Å². The van der Waals surface area contributed by atoms with Crippen LogP contribution in [-0.2, 0) is 7.05 Å². The van der Waals surface area contributed by atoms with Crippen molar-refractivity contribution in [3.63, 3.8) is 0 Å². The normalized spacial score (nSPS) is 10.7. The smallest absolute Gasteiger partial charge is 0.231 e. The molecule has 2 N–H and O–H groups in total. The van der Waals surface area contributed by atoms with E-state index in [-0.39, 0.29) is 16.7 Å². The molecule has 0 bridgehead atoms. The van der Waals surface area contributed by atoms with E-state index in [1.54, 1.807) is 7.05 Å². The molecule has 0 amide bonds. The van der Waals surface area contributed by atoms with E-state index in [1.807, 2.05) is 0 Å². The van der Waals surface area contributed by atoms with Crippen LogP contribution in [0.2, 0.25) is 0 Å². The minimum Gasteiger partial charge on any atom is -0.379 e. The highest BCUT2D eigenvalue weighted by Crippen LogP contribution is 2.13. The molecule has 72 valence electrons. The fraction of sp³-hybridized carbons (Fsp3) is 0.111. The Labute approximate surface area is 78.8 Å². The van der Waals surface area contributed by atoms with Gasteiger partial charge < -0.3 is 5.73 Å². The minimum atomic E-state index is -0.477. The van der Waals surface area contributed by atoms with Crippen LogP contribution in [0.3, 0.4) is 0 Å². The molecule has 0 aliphatic heterocycles. The second kappa shape index (κ2) is 2.80. The second-order valence-electron chi connectivity index (χ2n) is 2.97. The molecule has 0 saturated carbocycles. The maximum absolute atomic E-state index is 13.3. The van der Waals surface area contributed by atoms with Gasteiger partial charge in [-0.2, -0.15) is 5.10 Å². The molecule has 0 spiro atoms. The zero-order valence-corrected chi connectivity index (χ0v) is 7.49. The standard InChI is InChI=1S/C9H8FN3O/c1-13-7-5(3-2-4-6(7)10)8(14)9(11)12-13/h2-4H,1H3,(H2,11,12). The Hall–Kier alpha value is -1.91. The van der Waals surface area contributed by atoms with Gasteiger partial charge in [0, 0.05) is 7.05 Å². The highest BCUT2D eigenvalue weighted by Gasteiger charge is 2.09. The lowest BCUT2D eigenvalue weighted by atomic mass is 10.2. The van der Waals surface area contributed by atoms with E-state index in [2.05, 4.69) is 5.10 Å². The fourth-order valence-electron chi connectivity index (χ4n) is 1.42. The number of aromatic nitrogens is 2. The van der Waals surface area contributed by atoms with E-state index in [0.29, 0.717) is 0 Å². The van der Waals surface area contributed by atoms with Crippen molar-refractivity contribution in [2.75, 3.05) is 5.73 Å². The molecule has 14 heavy (non-hydrogen) atoms. The van der Waals surface area contributed by atoms with Crippen molar-refractivity contribution in [1.82, 2.24) is 9.78 Å². The SMILES string of the molecule is Cn1nc(N)c(=O)c2cccc(F)c21. The van der Waals surface area contributed by atoms with Gasteiger partial charge in [0.25, 0.3) is 0 Å². The third kappa shape index (κ3) is 1.06. The third-order valence-electron chi connectivity index (χ3n) is 2.05. The van der Waals surface area contributed by atoms with E-state index in [1.165, 1.54) is 22.9 Å². The van der Waals surface area contributed by atoms with Gasteiger partial charge in [-0.15, -0.1) is 0 Å². The first-order chi connectivity index (χ1) is 6.61. The number of hydrogen-bond donors (Lipinski definition) is 1. The van der Waals surface area contributed by atoms with Gasteiger partial charge in [-0.1, -0.05) is 6.07 Å². The Kier molecular flexibility index (Phi) is 1.73. The number of anilines is 1. The van der Waals surface area contributed by atoms with E-state index >= 15 is 0 Å². The number of rotatable bonds is 0. The summed E-state index contributed by atoms with van der Waals surface area (Å²) in [6.45, 7) is 0. The van der Waals surface area contributed by atoms with Crippen molar-refractivity contribution in [1.29, 1.82) is 0 Å². The molecule has 0 aliphatic carbocycles. The number of aryl methyl sites for hydroxylation is 1. The summed E-state index contributed by atoms with van der Waals surface area (Å²) < 4.78 is 14.6. The lowest BCUT2D eigenvalue weighted by molar-refractivity contribution is 0.622. The highest BCUT2D eigenvalue weighted by molar-refractivity contribution is 5.80. The lowest BCUT2D eigenvalue weighted by Crippen LogP contribution is -2.17. The second-order valence-corrected chi connectivity index (χ2v) is 2.97. The maximum Gasteiger partial charge on any atom is 0.231 e. The number of benzene rings is 1. The molecule has 0 fully saturated rings. The third-order valence-corrected chi connectivity index (χ3v) is 2.05. The Bertz CT molecular complexity index is 562. The van der Waals surface area contributed by atoms with Crippen LogP contribution in [-0.4, -0.2) is 9.78 Å². The maximum atomic E-state index is 13.3. The lowest BCUT2D eigenvalue weighted by Gasteiger charge is -2.05. The van der Waals surface area contributed by atoms with Crippen LogP contribution in [0.5, 0.6) is 0 Å². The first-order valence-corrected chi connectivity index (χ1v) is 4.02. The molecule has 0 radical (unpaired) electrons. The summed E-state index contributed by atoms with van der Waals surface area (Å²) in [4.78, 5) is 11.5. The fourth-order valence-corrected chi connectivity index (χ4v) is 1.42. The van der Waals surface area contributed by atoms with Gasteiger partial charge in [-0.25, -0.2) is 4.39 Å². The van der Waals surface area contributed by atoms with E-state index < -0.39 is 11.2 Å². The summed E-state index contributed by atoms with van der Waals surface area (Å²) in [5.74, 6) is -0.597. The van der Waals surface area contributed by atoms with E-state index in [0.717, 1.165) is 0 Å². The molecule has 0 unspecified atom stereocenters. The van der Waals surface area contributed by atoms with Crippen LogP contribution in [0, 0.1) is 5.82 Å². The summed E-state index contributed by atoms with van der Waals surface area (Å²) in [7, 11) is 1.54. The highest BCUT2D eigenvalue weighted by atomic mass is 19.1. The average Bonchev–Trinajstić information content (AvgIpc) is 2.14. The molecule has 4 nitrogen and oxygen atoms in total. The summed E-state index contributed by atoms with van der Waals surface area (Å²) in [6.07, 6.45) is 0. The largest absolute Gasteiger partial charge is 0.379 e. The van der Waals surface area contributed by atoms with Crippen LogP contribution in [0.4, 0.5) is 10.2 Å².